The molecule has 16 heavy (non-hydrogen) atoms. The first-order valence-electron chi connectivity index (χ1n) is 4.84. The summed E-state index contributed by atoms with van der Waals surface area (Å²) in [5.74, 6) is 0.684. The van der Waals surface area contributed by atoms with Gasteiger partial charge in [0.15, 0.2) is 0 Å². The summed E-state index contributed by atoms with van der Waals surface area (Å²) in [4.78, 5) is 4.14. The number of rotatable bonds is 3. The van der Waals surface area contributed by atoms with Gasteiger partial charge in [-0.1, -0.05) is 35.3 Å². The summed E-state index contributed by atoms with van der Waals surface area (Å²) in [6.45, 7) is 0.650. The molecule has 2 aromatic rings. The minimum atomic E-state index is 0.615. The second-order valence-corrected chi connectivity index (χ2v) is 4.16. The number of nitrogens with one attached hydrogen (secondary N) is 1. The third-order valence-electron chi connectivity index (χ3n) is 2.11. The van der Waals surface area contributed by atoms with Crippen molar-refractivity contribution in [3.8, 4) is 0 Å². The predicted molar refractivity (Wildman–Crippen MR) is 68.0 cm³/mol. The zero-order chi connectivity index (χ0) is 11.4. The van der Waals surface area contributed by atoms with Gasteiger partial charge in [0, 0.05) is 17.8 Å². The number of nitrogens with zero attached hydrogens (tertiary/aromatic N) is 1. The van der Waals surface area contributed by atoms with Crippen molar-refractivity contribution in [1.29, 1.82) is 0 Å². The van der Waals surface area contributed by atoms with E-state index in [0.29, 0.717) is 17.4 Å². The van der Waals surface area contributed by atoms with E-state index in [1.807, 2.05) is 24.3 Å². The van der Waals surface area contributed by atoms with E-state index in [1.54, 1.807) is 18.3 Å². The number of aromatic nitrogens is 1. The smallest absolute Gasteiger partial charge is 0.145 e. The quantitative estimate of drug-likeness (QED) is 0.894. The molecule has 0 aliphatic heterocycles. The number of hydrogen-bond acceptors (Lipinski definition) is 2. The van der Waals surface area contributed by atoms with Gasteiger partial charge < -0.3 is 5.32 Å². The van der Waals surface area contributed by atoms with E-state index in [-0.39, 0.29) is 0 Å². The fraction of sp³-hybridized carbons (Fsp3) is 0.0833. The Morgan fingerprint density at radius 2 is 2.00 bits per heavy atom. The van der Waals surface area contributed by atoms with Gasteiger partial charge in [0.1, 0.15) is 5.82 Å². The molecule has 0 radical (unpaired) electrons. The molecule has 0 unspecified atom stereocenters. The minimum Gasteiger partial charge on any atom is -0.365 e. The van der Waals surface area contributed by atoms with Crippen LogP contribution in [0.25, 0.3) is 0 Å². The Kier molecular flexibility index (Phi) is 3.65. The summed E-state index contributed by atoms with van der Waals surface area (Å²) >= 11 is 11.9. The third kappa shape index (κ3) is 2.87. The highest BCUT2D eigenvalue weighted by molar-refractivity contribution is 6.32. The van der Waals surface area contributed by atoms with Crippen LogP contribution in [0.15, 0.2) is 42.6 Å². The molecule has 0 saturated heterocycles. The first kappa shape index (κ1) is 11.2. The number of anilines is 1. The molecule has 0 spiro atoms. The molecule has 1 aromatic carbocycles. The Hall–Kier alpha value is -1.25. The van der Waals surface area contributed by atoms with E-state index in [4.69, 9.17) is 23.2 Å². The lowest BCUT2D eigenvalue weighted by atomic mass is 10.2. The molecule has 0 amide bonds. The van der Waals surface area contributed by atoms with Gasteiger partial charge in [0.25, 0.3) is 0 Å². The van der Waals surface area contributed by atoms with Crippen LogP contribution in [0, 0.1) is 0 Å². The Balaban J connectivity index is 2.05. The van der Waals surface area contributed by atoms with Gasteiger partial charge in [0.2, 0.25) is 0 Å². The normalized spacial score (nSPS) is 10.1. The van der Waals surface area contributed by atoms with Crippen LogP contribution < -0.4 is 5.32 Å². The van der Waals surface area contributed by atoms with Gasteiger partial charge in [0.05, 0.1) is 5.02 Å². The van der Waals surface area contributed by atoms with Crippen molar-refractivity contribution in [2.24, 2.45) is 0 Å². The molecule has 0 atom stereocenters. The second-order valence-electron chi connectivity index (χ2n) is 3.32. The minimum absolute atomic E-state index is 0.615. The molecule has 1 heterocycles. The summed E-state index contributed by atoms with van der Waals surface area (Å²) in [6.07, 6.45) is 1.70. The van der Waals surface area contributed by atoms with Gasteiger partial charge in [-0.2, -0.15) is 0 Å². The maximum absolute atomic E-state index is 5.97. The first-order chi connectivity index (χ1) is 7.75. The van der Waals surface area contributed by atoms with Crippen molar-refractivity contribution in [3.05, 3.63) is 58.2 Å². The van der Waals surface area contributed by atoms with E-state index in [0.717, 1.165) is 10.6 Å². The summed E-state index contributed by atoms with van der Waals surface area (Å²) < 4.78 is 0. The number of hydrogen-bond donors (Lipinski definition) is 1. The monoisotopic (exact) mass is 252 g/mol. The summed E-state index contributed by atoms with van der Waals surface area (Å²) in [5.41, 5.74) is 1.09. The average Bonchev–Trinajstić information content (AvgIpc) is 2.28. The highest BCUT2D eigenvalue weighted by Crippen LogP contribution is 2.18. The standard InChI is InChI=1S/C12H10Cl2N2/c13-10-4-1-3-9(7-10)8-16-12-11(14)5-2-6-15-12/h1-7H,8H2,(H,15,16). The van der Waals surface area contributed by atoms with Gasteiger partial charge >= 0.3 is 0 Å². The van der Waals surface area contributed by atoms with Crippen molar-refractivity contribution < 1.29 is 0 Å². The van der Waals surface area contributed by atoms with E-state index < -0.39 is 0 Å². The van der Waals surface area contributed by atoms with E-state index in [2.05, 4.69) is 10.3 Å². The number of benzene rings is 1. The zero-order valence-corrected chi connectivity index (χ0v) is 9.96. The van der Waals surface area contributed by atoms with Crippen LogP contribution in [0.4, 0.5) is 5.82 Å². The lowest BCUT2D eigenvalue weighted by molar-refractivity contribution is 1.11. The second kappa shape index (κ2) is 5.19. The predicted octanol–water partition coefficient (Wildman–Crippen LogP) is 4.00. The number of pyridine rings is 1. The van der Waals surface area contributed by atoms with E-state index >= 15 is 0 Å². The van der Waals surface area contributed by atoms with Crippen molar-refractivity contribution in [2.45, 2.75) is 6.54 Å². The van der Waals surface area contributed by atoms with Crippen LogP contribution in [0.1, 0.15) is 5.56 Å². The van der Waals surface area contributed by atoms with E-state index in [9.17, 15) is 0 Å². The molecule has 4 heteroatoms. The lowest BCUT2D eigenvalue weighted by Crippen LogP contribution is -2.01. The SMILES string of the molecule is Clc1cccc(CNc2ncccc2Cl)c1. The Morgan fingerprint density at radius 1 is 1.12 bits per heavy atom. The molecule has 2 nitrogen and oxygen atoms in total. The molecule has 2 rings (SSSR count). The summed E-state index contributed by atoms with van der Waals surface area (Å²) in [7, 11) is 0. The van der Waals surface area contributed by atoms with Gasteiger partial charge in [-0.15, -0.1) is 0 Å². The molecule has 0 aliphatic rings. The third-order valence-corrected chi connectivity index (χ3v) is 2.65. The molecular formula is C12H10Cl2N2. The van der Waals surface area contributed by atoms with Crippen LogP contribution in [-0.2, 0) is 6.54 Å². The Labute approximate surface area is 104 Å². The molecule has 82 valence electrons. The highest BCUT2D eigenvalue weighted by Gasteiger charge is 2.00. The molecule has 0 fully saturated rings. The van der Waals surface area contributed by atoms with Crippen LogP contribution >= 0.6 is 23.2 Å². The topological polar surface area (TPSA) is 24.9 Å². The maximum atomic E-state index is 5.97. The van der Waals surface area contributed by atoms with Crippen molar-refractivity contribution >= 4 is 29.0 Å². The highest BCUT2D eigenvalue weighted by atomic mass is 35.5. The summed E-state index contributed by atoms with van der Waals surface area (Å²) in [5, 5.41) is 4.50. The maximum Gasteiger partial charge on any atom is 0.145 e. The average molecular weight is 253 g/mol. The van der Waals surface area contributed by atoms with E-state index in [1.165, 1.54) is 0 Å². The van der Waals surface area contributed by atoms with Crippen molar-refractivity contribution in [3.63, 3.8) is 0 Å². The molecule has 0 aliphatic carbocycles. The Morgan fingerprint density at radius 3 is 2.75 bits per heavy atom. The Bertz CT molecular complexity index is 486. The fourth-order valence-corrected chi connectivity index (χ4v) is 1.75. The molecule has 1 N–H and O–H groups in total. The van der Waals surface area contributed by atoms with Crippen LogP contribution in [0.5, 0.6) is 0 Å². The van der Waals surface area contributed by atoms with Gasteiger partial charge in [-0.25, -0.2) is 4.98 Å². The zero-order valence-electron chi connectivity index (χ0n) is 8.45. The molecule has 0 saturated carbocycles. The number of halogens is 2. The van der Waals surface area contributed by atoms with Crippen LogP contribution in [0.3, 0.4) is 0 Å². The largest absolute Gasteiger partial charge is 0.365 e. The first-order valence-corrected chi connectivity index (χ1v) is 5.60. The molecular weight excluding hydrogens is 243 g/mol. The van der Waals surface area contributed by atoms with Crippen LogP contribution in [0.2, 0.25) is 10.0 Å². The van der Waals surface area contributed by atoms with Crippen molar-refractivity contribution in [2.75, 3.05) is 5.32 Å². The van der Waals surface area contributed by atoms with Gasteiger partial charge in [-0.05, 0) is 29.8 Å². The molecule has 0 bridgehead atoms. The van der Waals surface area contributed by atoms with Crippen LogP contribution in [-0.4, -0.2) is 4.98 Å². The lowest BCUT2D eigenvalue weighted by Gasteiger charge is -2.07. The van der Waals surface area contributed by atoms with Gasteiger partial charge in [-0.3, -0.25) is 0 Å². The van der Waals surface area contributed by atoms with Crippen molar-refractivity contribution in [1.82, 2.24) is 4.98 Å². The fourth-order valence-electron chi connectivity index (χ4n) is 1.35. The molecule has 1 aromatic heterocycles. The summed E-state index contributed by atoms with van der Waals surface area (Å²) in [6, 6.07) is 11.3.